The minimum Gasteiger partial charge on any atom is -0.379 e. The molecule has 0 spiro atoms. The molecule has 2 aliphatic rings. The van der Waals surface area contributed by atoms with E-state index >= 15 is 0 Å². The number of morpholine rings is 1. The predicted molar refractivity (Wildman–Crippen MR) is 125 cm³/mol. The predicted octanol–water partition coefficient (Wildman–Crippen LogP) is 3.42. The molecule has 1 aromatic heterocycles. The van der Waals surface area contributed by atoms with Gasteiger partial charge in [0.15, 0.2) is 5.13 Å². The Kier molecular flexibility index (Phi) is 6.17. The van der Waals surface area contributed by atoms with Gasteiger partial charge >= 0.3 is 0 Å². The third kappa shape index (κ3) is 4.66. The molecule has 0 bridgehead atoms. The zero-order valence-electron chi connectivity index (χ0n) is 17.9. The minimum absolute atomic E-state index is 0.0754. The van der Waals surface area contributed by atoms with Crippen LogP contribution in [-0.2, 0) is 16.0 Å². The van der Waals surface area contributed by atoms with Gasteiger partial charge in [-0.05, 0) is 36.2 Å². The number of hydrogen-bond acceptors (Lipinski definition) is 6. The van der Waals surface area contributed by atoms with E-state index in [1.165, 1.54) is 23.5 Å². The molecule has 0 atom stereocenters. The van der Waals surface area contributed by atoms with Gasteiger partial charge in [-0.25, -0.2) is 9.37 Å². The Morgan fingerprint density at radius 3 is 2.76 bits per heavy atom. The van der Waals surface area contributed by atoms with Crippen LogP contribution >= 0.6 is 11.3 Å². The van der Waals surface area contributed by atoms with Crippen LogP contribution in [-0.4, -0.2) is 61.1 Å². The Morgan fingerprint density at radius 1 is 1.12 bits per heavy atom. The average Bonchev–Trinajstić information content (AvgIpc) is 3.46. The molecule has 2 aliphatic heterocycles. The summed E-state index contributed by atoms with van der Waals surface area (Å²) in [5.74, 6) is -0.939. The van der Waals surface area contributed by atoms with Gasteiger partial charge in [-0.1, -0.05) is 18.2 Å². The molecule has 9 heteroatoms. The quantitative estimate of drug-likeness (QED) is 0.624. The van der Waals surface area contributed by atoms with Crippen molar-refractivity contribution < 1.29 is 18.7 Å². The topological polar surface area (TPSA) is 74.8 Å². The van der Waals surface area contributed by atoms with Gasteiger partial charge in [0.05, 0.1) is 31.0 Å². The number of rotatable bonds is 5. The molecule has 1 fully saturated rings. The Balaban J connectivity index is 1.27. The zero-order chi connectivity index (χ0) is 22.8. The van der Waals surface area contributed by atoms with Crippen molar-refractivity contribution in [3.63, 3.8) is 0 Å². The first kappa shape index (κ1) is 21.7. The number of nitrogens with zero attached hydrogens (tertiary/aromatic N) is 3. The van der Waals surface area contributed by atoms with Crippen LogP contribution in [0.1, 0.15) is 15.9 Å². The Morgan fingerprint density at radius 2 is 1.94 bits per heavy atom. The van der Waals surface area contributed by atoms with Gasteiger partial charge in [0.1, 0.15) is 5.82 Å². The number of anilines is 2. The molecular formula is C24H23FN4O3S. The molecule has 1 saturated heterocycles. The first-order chi connectivity index (χ1) is 16.1. The summed E-state index contributed by atoms with van der Waals surface area (Å²) in [6.45, 7) is 3.63. The fraction of sp³-hybridized carbons (Fsp3) is 0.292. The van der Waals surface area contributed by atoms with E-state index in [9.17, 15) is 14.0 Å². The molecule has 33 heavy (non-hydrogen) atoms. The molecule has 170 valence electrons. The van der Waals surface area contributed by atoms with E-state index < -0.39 is 5.82 Å². The summed E-state index contributed by atoms with van der Waals surface area (Å²) in [5, 5.41) is 5.34. The number of aromatic nitrogens is 1. The second-order valence-electron chi connectivity index (χ2n) is 8.00. The molecule has 0 aliphatic carbocycles. The van der Waals surface area contributed by atoms with Crippen molar-refractivity contribution in [2.45, 2.75) is 6.42 Å². The SMILES string of the molecule is O=C(CN1CCOCC1)Nc1nc(-c2ccc3c(c2)CCN3C(=O)c2ccccc2F)cs1. The summed E-state index contributed by atoms with van der Waals surface area (Å²) in [5.41, 5.74) is 3.57. The van der Waals surface area contributed by atoms with Crippen LogP contribution < -0.4 is 10.2 Å². The number of amides is 2. The summed E-state index contributed by atoms with van der Waals surface area (Å²) in [6.07, 6.45) is 0.691. The number of fused-ring (bicyclic) bond motifs is 1. The molecule has 2 aromatic carbocycles. The second-order valence-corrected chi connectivity index (χ2v) is 8.86. The molecule has 7 nitrogen and oxygen atoms in total. The summed E-state index contributed by atoms with van der Waals surface area (Å²) in [4.78, 5) is 33.4. The lowest BCUT2D eigenvalue weighted by Gasteiger charge is -2.25. The van der Waals surface area contributed by atoms with Crippen molar-refractivity contribution >= 4 is 34.0 Å². The number of carbonyl (C=O) groups is 2. The molecule has 3 aromatic rings. The van der Waals surface area contributed by atoms with E-state index in [4.69, 9.17) is 4.74 Å². The zero-order valence-corrected chi connectivity index (χ0v) is 18.7. The van der Waals surface area contributed by atoms with Gasteiger partial charge in [0.2, 0.25) is 5.91 Å². The van der Waals surface area contributed by atoms with E-state index in [1.807, 2.05) is 23.6 Å². The van der Waals surface area contributed by atoms with Crippen LogP contribution in [0.25, 0.3) is 11.3 Å². The van der Waals surface area contributed by atoms with Crippen LogP contribution in [0.3, 0.4) is 0 Å². The Bertz CT molecular complexity index is 1190. The number of ether oxygens (including phenoxy) is 1. The van der Waals surface area contributed by atoms with Crippen molar-refractivity contribution in [3.8, 4) is 11.3 Å². The number of nitrogens with one attached hydrogen (secondary N) is 1. The highest BCUT2D eigenvalue weighted by molar-refractivity contribution is 7.14. The third-order valence-electron chi connectivity index (χ3n) is 5.84. The lowest BCUT2D eigenvalue weighted by Crippen LogP contribution is -2.41. The summed E-state index contributed by atoms with van der Waals surface area (Å²) >= 11 is 1.38. The van der Waals surface area contributed by atoms with E-state index in [0.717, 1.165) is 35.6 Å². The van der Waals surface area contributed by atoms with Gasteiger partial charge in [0, 0.05) is 36.3 Å². The van der Waals surface area contributed by atoms with Crippen molar-refractivity contribution in [1.82, 2.24) is 9.88 Å². The first-order valence-corrected chi connectivity index (χ1v) is 11.7. The van der Waals surface area contributed by atoms with Crippen LogP contribution in [0, 0.1) is 5.82 Å². The highest BCUT2D eigenvalue weighted by Gasteiger charge is 2.27. The van der Waals surface area contributed by atoms with Crippen LogP contribution in [0.2, 0.25) is 0 Å². The highest BCUT2D eigenvalue weighted by Crippen LogP contribution is 2.34. The van der Waals surface area contributed by atoms with Crippen molar-refractivity contribution in [3.05, 3.63) is 64.8 Å². The van der Waals surface area contributed by atoms with Gasteiger partial charge in [0.25, 0.3) is 5.91 Å². The average molecular weight is 467 g/mol. The van der Waals surface area contributed by atoms with Gasteiger partial charge in [-0.2, -0.15) is 0 Å². The van der Waals surface area contributed by atoms with E-state index in [2.05, 4.69) is 15.2 Å². The van der Waals surface area contributed by atoms with E-state index in [1.54, 1.807) is 17.0 Å². The third-order valence-corrected chi connectivity index (χ3v) is 6.60. The molecule has 1 N–H and O–H groups in total. The van der Waals surface area contributed by atoms with Crippen molar-refractivity contribution in [1.29, 1.82) is 0 Å². The number of thiazole rings is 1. The van der Waals surface area contributed by atoms with Crippen LogP contribution in [0.5, 0.6) is 0 Å². The summed E-state index contributed by atoms with van der Waals surface area (Å²) in [6, 6.07) is 11.8. The number of carbonyl (C=O) groups excluding carboxylic acids is 2. The molecule has 2 amide bonds. The molecule has 0 saturated carbocycles. The molecule has 0 radical (unpaired) electrons. The second kappa shape index (κ2) is 9.38. The fourth-order valence-electron chi connectivity index (χ4n) is 4.14. The van der Waals surface area contributed by atoms with Gasteiger partial charge in [-0.3, -0.25) is 14.5 Å². The highest BCUT2D eigenvalue weighted by atomic mass is 32.1. The monoisotopic (exact) mass is 466 g/mol. The largest absolute Gasteiger partial charge is 0.379 e. The lowest BCUT2D eigenvalue weighted by atomic mass is 10.1. The number of benzene rings is 2. The Hall–Kier alpha value is -3.14. The number of hydrogen-bond donors (Lipinski definition) is 1. The normalized spacial score (nSPS) is 16.0. The van der Waals surface area contributed by atoms with Crippen LogP contribution in [0.4, 0.5) is 15.2 Å². The maximum absolute atomic E-state index is 14.1. The van der Waals surface area contributed by atoms with Gasteiger partial charge in [-0.15, -0.1) is 11.3 Å². The molecule has 0 unspecified atom stereocenters. The maximum atomic E-state index is 14.1. The van der Waals surface area contributed by atoms with E-state index in [0.29, 0.717) is 37.9 Å². The fourth-order valence-corrected chi connectivity index (χ4v) is 4.87. The van der Waals surface area contributed by atoms with E-state index in [-0.39, 0.29) is 17.4 Å². The first-order valence-electron chi connectivity index (χ1n) is 10.8. The van der Waals surface area contributed by atoms with Gasteiger partial charge < -0.3 is 15.0 Å². The molecule has 5 rings (SSSR count). The standard InChI is InChI=1S/C24H23FN4O3S/c25-19-4-2-1-3-18(19)23(31)29-8-7-17-13-16(5-6-21(17)29)20-15-33-24(26-20)27-22(30)14-28-9-11-32-12-10-28/h1-6,13,15H,7-12,14H2,(H,26,27,30). The summed E-state index contributed by atoms with van der Waals surface area (Å²) in [7, 11) is 0. The summed E-state index contributed by atoms with van der Waals surface area (Å²) < 4.78 is 19.4. The smallest absolute Gasteiger partial charge is 0.261 e. The maximum Gasteiger partial charge on any atom is 0.261 e. The van der Waals surface area contributed by atoms with Crippen molar-refractivity contribution in [2.24, 2.45) is 0 Å². The molecule has 3 heterocycles. The molecular weight excluding hydrogens is 443 g/mol. The number of halogens is 1. The lowest BCUT2D eigenvalue weighted by molar-refractivity contribution is -0.118. The minimum atomic E-state index is -0.516. The van der Waals surface area contributed by atoms with Crippen molar-refractivity contribution in [2.75, 3.05) is 49.6 Å². The Labute approximate surface area is 194 Å². The van der Waals surface area contributed by atoms with Crippen LogP contribution in [0.15, 0.2) is 47.8 Å².